The van der Waals surface area contributed by atoms with E-state index in [1.165, 1.54) is 36.4 Å². The van der Waals surface area contributed by atoms with Crippen LogP contribution >= 0.6 is 15.9 Å². The van der Waals surface area contributed by atoms with Crippen LogP contribution in [-0.2, 0) is 0 Å². The lowest BCUT2D eigenvalue weighted by atomic mass is 10.2. The van der Waals surface area contributed by atoms with E-state index in [0.717, 1.165) is 0 Å². The number of amides is 2. The lowest BCUT2D eigenvalue weighted by Crippen LogP contribution is -2.20. The maximum absolute atomic E-state index is 13.4. The molecule has 2 aromatic carbocycles. The standard InChI is InChI=1S/C14H10BrFN2O3/c15-9-5-8(13(19)20)6-10(7-9)17-14(21)18-12-4-2-1-3-11(12)16/h1-7H,(H,19,20)(H2,17,18,21). The van der Waals surface area contributed by atoms with Gasteiger partial charge in [-0.05, 0) is 30.3 Å². The van der Waals surface area contributed by atoms with Crippen LogP contribution in [-0.4, -0.2) is 17.1 Å². The Kier molecular flexibility index (Phi) is 4.54. The zero-order valence-corrected chi connectivity index (χ0v) is 12.1. The monoisotopic (exact) mass is 352 g/mol. The van der Waals surface area contributed by atoms with Crippen molar-refractivity contribution in [3.05, 3.63) is 58.3 Å². The fourth-order valence-corrected chi connectivity index (χ4v) is 2.13. The lowest BCUT2D eigenvalue weighted by molar-refractivity contribution is 0.0697. The van der Waals surface area contributed by atoms with Gasteiger partial charge in [-0.1, -0.05) is 28.1 Å². The summed E-state index contributed by atoms with van der Waals surface area (Å²) in [6.07, 6.45) is 0. The number of carbonyl (C=O) groups is 2. The quantitative estimate of drug-likeness (QED) is 0.782. The van der Waals surface area contributed by atoms with Gasteiger partial charge in [-0.25, -0.2) is 14.0 Å². The van der Waals surface area contributed by atoms with Crippen molar-refractivity contribution in [2.45, 2.75) is 0 Å². The molecule has 0 aliphatic rings. The van der Waals surface area contributed by atoms with Gasteiger partial charge in [-0.15, -0.1) is 0 Å². The summed E-state index contributed by atoms with van der Waals surface area (Å²) in [6.45, 7) is 0. The Balaban J connectivity index is 2.13. The normalized spacial score (nSPS) is 10.0. The maximum atomic E-state index is 13.4. The van der Waals surface area contributed by atoms with Gasteiger partial charge in [0.25, 0.3) is 0 Å². The second-order valence-corrected chi connectivity index (χ2v) is 5.01. The van der Waals surface area contributed by atoms with Gasteiger partial charge in [0.2, 0.25) is 0 Å². The maximum Gasteiger partial charge on any atom is 0.335 e. The number of hydrogen-bond acceptors (Lipinski definition) is 2. The highest BCUT2D eigenvalue weighted by molar-refractivity contribution is 9.10. The topological polar surface area (TPSA) is 78.4 Å². The minimum Gasteiger partial charge on any atom is -0.478 e. The molecule has 0 bridgehead atoms. The van der Waals surface area contributed by atoms with Gasteiger partial charge in [-0.3, -0.25) is 0 Å². The Hall–Kier alpha value is -2.41. The first-order chi connectivity index (χ1) is 9.95. The molecule has 2 amide bonds. The fraction of sp³-hybridized carbons (Fsp3) is 0. The number of nitrogens with one attached hydrogen (secondary N) is 2. The van der Waals surface area contributed by atoms with E-state index in [0.29, 0.717) is 4.47 Å². The predicted molar refractivity (Wildman–Crippen MR) is 80.1 cm³/mol. The predicted octanol–water partition coefficient (Wildman–Crippen LogP) is 3.93. The minimum atomic E-state index is -1.12. The second-order valence-electron chi connectivity index (χ2n) is 4.09. The third-order valence-corrected chi connectivity index (χ3v) is 2.98. The molecule has 0 aliphatic carbocycles. The van der Waals surface area contributed by atoms with Crippen molar-refractivity contribution < 1.29 is 19.1 Å². The Bertz CT molecular complexity index is 706. The molecule has 0 aliphatic heterocycles. The van der Waals surface area contributed by atoms with E-state index >= 15 is 0 Å². The summed E-state index contributed by atoms with van der Waals surface area (Å²) in [7, 11) is 0. The van der Waals surface area contributed by atoms with Gasteiger partial charge in [0.1, 0.15) is 5.82 Å². The molecule has 0 heterocycles. The van der Waals surface area contributed by atoms with Gasteiger partial charge >= 0.3 is 12.0 Å². The third kappa shape index (κ3) is 4.03. The Labute approximate surface area is 127 Å². The Morgan fingerprint density at radius 1 is 1.10 bits per heavy atom. The SMILES string of the molecule is O=C(Nc1cc(Br)cc(C(=O)O)c1)Nc1ccccc1F. The molecule has 3 N–H and O–H groups in total. The molecule has 108 valence electrons. The lowest BCUT2D eigenvalue weighted by Gasteiger charge is -2.09. The van der Waals surface area contributed by atoms with Crippen LogP contribution in [0.2, 0.25) is 0 Å². The molecular weight excluding hydrogens is 343 g/mol. The molecule has 2 rings (SSSR count). The van der Waals surface area contributed by atoms with Gasteiger partial charge in [0.15, 0.2) is 0 Å². The summed E-state index contributed by atoms with van der Waals surface area (Å²) in [4.78, 5) is 22.7. The second kappa shape index (κ2) is 6.36. The summed E-state index contributed by atoms with van der Waals surface area (Å²) in [5, 5.41) is 13.7. The van der Waals surface area contributed by atoms with Crippen LogP contribution in [0.5, 0.6) is 0 Å². The third-order valence-electron chi connectivity index (χ3n) is 2.52. The van der Waals surface area contributed by atoms with Gasteiger partial charge in [0.05, 0.1) is 11.3 Å². The number of benzene rings is 2. The molecule has 0 saturated heterocycles. The van der Waals surface area contributed by atoms with Gasteiger partial charge in [0, 0.05) is 10.2 Å². The van der Waals surface area contributed by atoms with Crippen molar-refractivity contribution in [2.75, 3.05) is 10.6 Å². The van der Waals surface area contributed by atoms with E-state index in [9.17, 15) is 14.0 Å². The molecule has 2 aromatic rings. The number of urea groups is 1. The first-order valence-corrected chi connectivity index (χ1v) is 6.61. The smallest absolute Gasteiger partial charge is 0.335 e. The van der Waals surface area contributed by atoms with Gasteiger partial charge < -0.3 is 15.7 Å². The number of halogens is 2. The molecule has 0 spiro atoms. The van der Waals surface area contributed by atoms with Crippen molar-refractivity contribution in [1.82, 2.24) is 0 Å². The molecule has 0 radical (unpaired) electrons. The molecule has 0 unspecified atom stereocenters. The fourth-order valence-electron chi connectivity index (χ4n) is 1.63. The highest BCUT2D eigenvalue weighted by atomic mass is 79.9. The molecule has 0 saturated carbocycles. The number of aromatic carboxylic acids is 1. The average Bonchev–Trinajstić information content (AvgIpc) is 2.40. The van der Waals surface area contributed by atoms with Crippen molar-refractivity contribution >= 4 is 39.3 Å². The van der Waals surface area contributed by atoms with Crippen molar-refractivity contribution in [1.29, 1.82) is 0 Å². The number of para-hydroxylation sites is 1. The average molecular weight is 353 g/mol. The van der Waals surface area contributed by atoms with E-state index in [1.807, 2.05) is 0 Å². The van der Waals surface area contributed by atoms with Crippen LogP contribution in [0.1, 0.15) is 10.4 Å². The molecule has 0 fully saturated rings. The Morgan fingerprint density at radius 3 is 2.48 bits per heavy atom. The molecular formula is C14H10BrFN2O3. The van der Waals surface area contributed by atoms with Crippen LogP contribution in [0, 0.1) is 5.82 Å². The number of rotatable bonds is 3. The highest BCUT2D eigenvalue weighted by Crippen LogP contribution is 2.20. The van der Waals surface area contributed by atoms with E-state index in [-0.39, 0.29) is 16.9 Å². The molecule has 0 atom stereocenters. The Morgan fingerprint density at radius 2 is 1.81 bits per heavy atom. The summed E-state index contributed by atoms with van der Waals surface area (Å²) in [5.74, 6) is -1.68. The van der Waals surface area contributed by atoms with E-state index in [2.05, 4.69) is 26.6 Å². The van der Waals surface area contributed by atoms with Crippen LogP contribution in [0.15, 0.2) is 46.9 Å². The summed E-state index contributed by atoms with van der Waals surface area (Å²) in [5.41, 5.74) is 0.324. The number of hydrogen-bond donors (Lipinski definition) is 3. The van der Waals surface area contributed by atoms with Crippen LogP contribution in [0.3, 0.4) is 0 Å². The van der Waals surface area contributed by atoms with Crippen molar-refractivity contribution in [3.8, 4) is 0 Å². The number of carboxylic acids is 1. The van der Waals surface area contributed by atoms with E-state index < -0.39 is 17.8 Å². The summed E-state index contributed by atoms with van der Waals surface area (Å²) in [6, 6.07) is 9.29. The van der Waals surface area contributed by atoms with E-state index in [4.69, 9.17) is 5.11 Å². The number of carboxylic acid groups (broad SMARTS) is 1. The molecule has 5 nitrogen and oxygen atoms in total. The van der Waals surface area contributed by atoms with Crippen LogP contribution < -0.4 is 10.6 Å². The summed E-state index contributed by atoms with van der Waals surface area (Å²) < 4.78 is 13.9. The highest BCUT2D eigenvalue weighted by Gasteiger charge is 2.10. The minimum absolute atomic E-state index is 0.0190. The zero-order valence-electron chi connectivity index (χ0n) is 10.6. The van der Waals surface area contributed by atoms with Crippen molar-refractivity contribution in [3.63, 3.8) is 0 Å². The first-order valence-electron chi connectivity index (χ1n) is 5.82. The number of anilines is 2. The first kappa shape index (κ1) is 15.0. The number of carbonyl (C=O) groups excluding carboxylic acids is 1. The zero-order chi connectivity index (χ0) is 15.4. The molecule has 0 aromatic heterocycles. The van der Waals surface area contributed by atoms with Crippen molar-refractivity contribution in [2.24, 2.45) is 0 Å². The largest absolute Gasteiger partial charge is 0.478 e. The van der Waals surface area contributed by atoms with E-state index in [1.54, 1.807) is 6.07 Å². The van der Waals surface area contributed by atoms with Gasteiger partial charge in [-0.2, -0.15) is 0 Å². The summed E-state index contributed by atoms with van der Waals surface area (Å²) >= 11 is 3.15. The van der Waals surface area contributed by atoms with Crippen LogP contribution in [0.4, 0.5) is 20.6 Å². The van der Waals surface area contributed by atoms with Crippen LogP contribution in [0.25, 0.3) is 0 Å². The molecule has 7 heteroatoms. The molecule has 21 heavy (non-hydrogen) atoms.